The SMILES string of the molecule is Cc1cc(Nc2ccccc2C(=O)O)n(-c2cccnc2)n1. The van der Waals surface area contributed by atoms with Crippen molar-refractivity contribution >= 4 is 17.5 Å². The van der Waals surface area contributed by atoms with Gasteiger partial charge >= 0.3 is 5.97 Å². The molecule has 22 heavy (non-hydrogen) atoms. The Bertz CT molecular complexity index is 812. The molecular weight excluding hydrogens is 280 g/mol. The lowest BCUT2D eigenvalue weighted by molar-refractivity contribution is 0.0698. The van der Waals surface area contributed by atoms with Gasteiger partial charge in [0.2, 0.25) is 0 Å². The molecule has 110 valence electrons. The zero-order chi connectivity index (χ0) is 15.5. The van der Waals surface area contributed by atoms with Crippen LogP contribution < -0.4 is 5.32 Å². The van der Waals surface area contributed by atoms with Crippen molar-refractivity contribution in [2.45, 2.75) is 6.92 Å². The van der Waals surface area contributed by atoms with Crippen LogP contribution in [0.5, 0.6) is 0 Å². The van der Waals surface area contributed by atoms with Crippen LogP contribution in [0, 0.1) is 6.92 Å². The molecule has 2 heterocycles. The molecule has 0 saturated carbocycles. The smallest absolute Gasteiger partial charge is 0.337 e. The Morgan fingerprint density at radius 1 is 1.23 bits per heavy atom. The van der Waals surface area contributed by atoms with E-state index >= 15 is 0 Å². The maximum Gasteiger partial charge on any atom is 0.337 e. The van der Waals surface area contributed by atoms with E-state index in [4.69, 9.17) is 0 Å². The van der Waals surface area contributed by atoms with Gasteiger partial charge in [-0.15, -0.1) is 0 Å². The fourth-order valence-electron chi connectivity index (χ4n) is 2.18. The molecule has 0 aliphatic rings. The Morgan fingerprint density at radius 2 is 2.05 bits per heavy atom. The lowest BCUT2D eigenvalue weighted by Crippen LogP contribution is -2.06. The minimum absolute atomic E-state index is 0.207. The third-order valence-corrected chi connectivity index (χ3v) is 3.14. The molecule has 6 heteroatoms. The summed E-state index contributed by atoms with van der Waals surface area (Å²) in [6.07, 6.45) is 3.38. The van der Waals surface area contributed by atoms with E-state index in [-0.39, 0.29) is 5.56 Å². The maximum absolute atomic E-state index is 11.3. The number of carbonyl (C=O) groups is 1. The van der Waals surface area contributed by atoms with E-state index in [1.54, 1.807) is 41.3 Å². The van der Waals surface area contributed by atoms with Crippen molar-refractivity contribution in [1.82, 2.24) is 14.8 Å². The van der Waals surface area contributed by atoms with Crippen LogP contribution in [0.4, 0.5) is 11.5 Å². The van der Waals surface area contributed by atoms with Crippen LogP contribution in [0.3, 0.4) is 0 Å². The average Bonchev–Trinajstić information content (AvgIpc) is 2.89. The quantitative estimate of drug-likeness (QED) is 0.773. The van der Waals surface area contributed by atoms with E-state index in [2.05, 4.69) is 15.4 Å². The minimum atomic E-state index is -0.979. The second-order valence-corrected chi connectivity index (χ2v) is 4.77. The van der Waals surface area contributed by atoms with E-state index < -0.39 is 5.97 Å². The van der Waals surface area contributed by atoms with Gasteiger partial charge in [-0.25, -0.2) is 9.48 Å². The number of benzene rings is 1. The first kappa shape index (κ1) is 13.8. The number of rotatable bonds is 4. The zero-order valence-electron chi connectivity index (χ0n) is 11.9. The molecule has 0 aliphatic carbocycles. The number of carboxylic acid groups (broad SMARTS) is 1. The molecule has 1 aromatic carbocycles. The summed E-state index contributed by atoms with van der Waals surface area (Å²) in [4.78, 5) is 15.4. The highest BCUT2D eigenvalue weighted by Crippen LogP contribution is 2.23. The number of aryl methyl sites for hydroxylation is 1. The summed E-state index contributed by atoms with van der Waals surface area (Å²) in [6.45, 7) is 1.88. The predicted molar refractivity (Wildman–Crippen MR) is 82.8 cm³/mol. The number of nitrogens with one attached hydrogen (secondary N) is 1. The number of carboxylic acids is 1. The zero-order valence-corrected chi connectivity index (χ0v) is 11.9. The molecule has 3 rings (SSSR count). The van der Waals surface area contributed by atoms with Crippen LogP contribution >= 0.6 is 0 Å². The van der Waals surface area contributed by atoms with Gasteiger partial charge in [-0.2, -0.15) is 5.10 Å². The van der Waals surface area contributed by atoms with E-state index in [0.717, 1.165) is 11.4 Å². The van der Waals surface area contributed by atoms with Gasteiger partial charge in [-0.05, 0) is 31.2 Å². The van der Waals surface area contributed by atoms with Crippen LogP contribution in [0.25, 0.3) is 5.69 Å². The molecule has 0 unspecified atom stereocenters. The highest BCUT2D eigenvalue weighted by Gasteiger charge is 2.13. The molecule has 3 aromatic rings. The fraction of sp³-hybridized carbons (Fsp3) is 0.0625. The van der Waals surface area contributed by atoms with Gasteiger partial charge in [0, 0.05) is 12.3 Å². The van der Waals surface area contributed by atoms with Gasteiger partial charge < -0.3 is 10.4 Å². The third-order valence-electron chi connectivity index (χ3n) is 3.14. The van der Waals surface area contributed by atoms with E-state index in [1.165, 1.54) is 0 Å². The van der Waals surface area contributed by atoms with Crippen molar-refractivity contribution in [2.75, 3.05) is 5.32 Å². The maximum atomic E-state index is 11.3. The summed E-state index contributed by atoms with van der Waals surface area (Å²) in [5.41, 5.74) is 2.34. The second-order valence-electron chi connectivity index (χ2n) is 4.77. The van der Waals surface area contributed by atoms with Crippen molar-refractivity contribution in [2.24, 2.45) is 0 Å². The van der Waals surface area contributed by atoms with Crippen LogP contribution in [-0.2, 0) is 0 Å². The topological polar surface area (TPSA) is 80.0 Å². The molecule has 0 atom stereocenters. The highest BCUT2D eigenvalue weighted by molar-refractivity contribution is 5.95. The summed E-state index contributed by atoms with van der Waals surface area (Å²) in [5.74, 6) is -0.300. The van der Waals surface area contributed by atoms with Gasteiger partial charge in [-0.1, -0.05) is 12.1 Å². The van der Waals surface area contributed by atoms with Crippen molar-refractivity contribution in [3.8, 4) is 5.69 Å². The number of hydrogen-bond donors (Lipinski definition) is 2. The standard InChI is InChI=1S/C16H14N4O2/c1-11-9-15(20(19-11)12-5-4-8-17-10-12)18-14-7-3-2-6-13(14)16(21)22/h2-10,18H,1H3,(H,21,22). The summed E-state index contributed by atoms with van der Waals surface area (Å²) in [7, 11) is 0. The van der Waals surface area contributed by atoms with E-state index in [0.29, 0.717) is 11.5 Å². The Hall–Kier alpha value is -3.15. The predicted octanol–water partition coefficient (Wildman–Crippen LogP) is 3.02. The van der Waals surface area contributed by atoms with Crippen LogP contribution in [0.15, 0.2) is 54.9 Å². The van der Waals surface area contributed by atoms with Gasteiger partial charge in [0.1, 0.15) is 5.82 Å². The molecule has 2 N–H and O–H groups in total. The van der Waals surface area contributed by atoms with Crippen LogP contribution in [-0.4, -0.2) is 25.8 Å². The first-order chi connectivity index (χ1) is 10.6. The molecule has 0 aliphatic heterocycles. The molecule has 2 aromatic heterocycles. The number of anilines is 2. The average molecular weight is 294 g/mol. The number of nitrogens with zero attached hydrogens (tertiary/aromatic N) is 3. The van der Waals surface area contributed by atoms with E-state index in [1.807, 2.05) is 25.1 Å². The highest BCUT2D eigenvalue weighted by atomic mass is 16.4. The third kappa shape index (κ3) is 2.67. The van der Waals surface area contributed by atoms with Gasteiger partial charge in [0.15, 0.2) is 0 Å². The summed E-state index contributed by atoms with van der Waals surface area (Å²) >= 11 is 0. The van der Waals surface area contributed by atoms with Gasteiger partial charge in [0.25, 0.3) is 0 Å². The normalized spacial score (nSPS) is 10.4. The molecule has 0 fully saturated rings. The number of pyridine rings is 1. The fourth-order valence-corrected chi connectivity index (χ4v) is 2.18. The Labute approximate surface area is 127 Å². The Kier molecular flexibility index (Phi) is 3.57. The Morgan fingerprint density at radius 3 is 2.77 bits per heavy atom. The van der Waals surface area contributed by atoms with Gasteiger partial charge in [0.05, 0.1) is 28.8 Å². The molecular formula is C16H14N4O2. The summed E-state index contributed by atoms with van der Waals surface area (Å²) in [5, 5.41) is 16.8. The van der Waals surface area contributed by atoms with Crippen molar-refractivity contribution in [3.63, 3.8) is 0 Å². The summed E-state index contributed by atoms with van der Waals surface area (Å²) in [6, 6.07) is 12.3. The molecule has 0 bridgehead atoms. The number of hydrogen-bond acceptors (Lipinski definition) is 4. The molecule has 0 saturated heterocycles. The van der Waals surface area contributed by atoms with Crippen molar-refractivity contribution in [1.29, 1.82) is 0 Å². The lowest BCUT2D eigenvalue weighted by atomic mass is 10.2. The first-order valence-electron chi connectivity index (χ1n) is 6.71. The minimum Gasteiger partial charge on any atom is -0.478 e. The van der Waals surface area contributed by atoms with Crippen LogP contribution in [0.1, 0.15) is 16.1 Å². The second kappa shape index (κ2) is 5.69. The number of aromatic carboxylic acids is 1. The van der Waals surface area contributed by atoms with Crippen molar-refractivity contribution < 1.29 is 9.90 Å². The number of para-hydroxylation sites is 1. The molecule has 0 radical (unpaired) electrons. The number of aromatic nitrogens is 3. The van der Waals surface area contributed by atoms with Crippen LogP contribution in [0.2, 0.25) is 0 Å². The van der Waals surface area contributed by atoms with E-state index in [9.17, 15) is 9.90 Å². The van der Waals surface area contributed by atoms with Crippen molar-refractivity contribution in [3.05, 3.63) is 66.1 Å². The lowest BCUT2D eigenvalue weighted by Gasteiger charge is -2.11. The Balaban J connectivity index is 2.03. The molecule has 0 amide bonds. The summed E-state index contributed by atoms with van der Waals surface area (Å²) < 4.78 is 1.70. The monoisotopic (exact) mass is 294 g/mol. The first-order valence-corrected chi connectivity index (χ1v) is 6.71. The molecule has 0 spiro atoms. The molecule has 6 nitrogen and oxygen atoms in total. The van der Waals surface area contributed by atoms with Gasteiger partial charge in [-0.3, -0.25) is 4.98 Å². The largest absolute Gasteiger partial charge is 0.478 e.